The minimum Gasteiger partial charge on any atom is -0.492 e. The highest BCUT2D eigenvalue weighted by Gasteiger charge is 2.35. The van der Waals surface area contributed by atoms with E-state index in [0.29, 0.717) is 48.3 Å². The lowest BCUT2D eigenvalue weighted by Gasteiger charge is -2.26. The molecule has 0 saturated heterocycles. The Hall–Kier alpha value is -3.04. The molecule has 1 heterocycles. The molecule has 1 aromatic rings. The van der Waals surface area contributed by atoms with E-state index >= 15 is 0 Å². The molecule has 1 aromatic carbocycles. The number of rotatable bonds is 13. The summed E-state index contributed by atoms with van der Waals surface area (Å²) in [7, 11) is 0. The summed E-state index contributed by atoms with van der Waals surface area (Å²) in [5, 5.41) is 12.0. The number of aliphatic hydroxyl groups excluding tert-OH is 1. The Balaban J connectivity index is 2.11. The van der Waals surface area contributed by atoms with Gasteiger partial charge in [-0.3, -0.25) is 9.59 Å². The summed E-state index contributed by atoms with van der Waals surface area (Å²) in [4.78, 5) is 31.1. The maximum Gasteiger partial charge on any atom is 0.270 e. The number of benzene rings is 1. The molecule has 0 aromatic heterocycles. The van der Waals surface area contributed by atoms with Crippen LogP contribution in [-0.2, 0) is 9.59 Å². The van der Waals surface area contributed by atoms with Crippen LogP contribution >= 0.6 is 11.6 Å². The van der Waals surface area contributed by atoms with Crippen molar-refractivity contribution in [3.05, 3.63) is 47.3 Å². The molecular formula is C24H33ClN4O5. The Kier molecular flexibility index (Phi) is 10.9. The summed E-state index contributed by atoms with van der Waals surface area (Å²) < 4.78 is 11.4. The Morgan fingerprint density at radius 1 is 1.38 bits per heavy atom. The number of ether oxygens (including phenoxy) is 2. The molecule has 186 valence electrons. The number of halogens is 1. The molecule has 1 atom stereocenters. The van der Waals surface area contributed by atoms with Gasteiger partial charge in [0.05, 0.1) is 13.2 Å². The van der Waals surface area contributed by atoms with E-state index in [1.54, 1.807) is 24.4 Å². The summed E-state index contributed by atoms with van der Waals surface area (Å²) in [6.45, 7) is 6.97. The quantitative estimate of drug-likeness (QED) is 0.219. The van der Waals surface area contributed by atoms with Gasteiger partial charge in [0.15, 0.2) is 0 Å². The third-order valence-electron chi connectivity index (χ3n) is 4.81. The molecule has 0 fully saturated rings. The van der Waals surface area contributed by atoms with Crippen LogP contribution in [0.5, 0.6) is 11.5 Å². The van der Waals surface area contributed by atoms with E-state index in [4.69, 9.17) is 31.9 Å². The van der Waals surface area contributed by atoms with Crippen molar-refractivity contribution in [1.29, 1.82) is 0 Å². The lowest BCUT2D eigenvalue weighted by molar-refractivity contribution is -0.134. The first-order valence-electron chi connectivity index (χ1n) is 11.3. The smallest absolute Gasteiger partial charge is 0.270 e. The standard InChI is InChI=1S/C24H33ClN4O5/c1-4-33-19-7-5-8-20(23(19)25)34-17-14-22(31)29(15-17)18(13-16(2)3)24(32)28-21(26)9-11-27-10-6-12-30/h5,7-9,11,14,16,18,27,30H,4,6,10,12-13,15H2,1-3H3,(H2,26,28,32)/b11-9-. The number of carbonyl (C=O) groups is 2. The highest BCUT2D eigenvalue weighted by Crippen LogP contribution is 2.35. The van der Waals surface area contributed by atoms with Crippen molar-refractivity contribution in [2.75, 3.05) is 26.3 Å². The Morgan fingerprint density at radius 2 is 2.12 bits per heavy atom. The van der Waals surface area contributed by atoms with Crippen molar-refractivity contribution in [3.63, 3.8) is 0 Å². The number of aliphatic imine (C=N–C) groups is 1. The summed E-state index contributed by atoms with van der Waals surface area (Å²) in [5.41, 5.74) is 5.86. The molecule has 0 aliphatic carbocycles. The van der Waals surface area contributed by atoms with Gasteiger partial charge in [0.2, 0.25) is 0 Å². The van der Waals surface area contributed by atoms with Crippen molar-refractivity contribution in [2.24, 2.45) is 16.6 Å². The monoisotopic (exact) mass is 492 g/mol. The fourth-order valence-corrected chi connectivity index (χ4v) is 3.49. The molecule has 0 radical (unpaired) electrons. The van der Waals surface area contributed by atoms with Crippen molar-refractivity contribution in [2.45, 2.75) is 39.7 Å². The Bertz CT molecular complexity index is 945. The van der Waals surface area contributed by atoms with Gasteiger partial charge in [0, 0.05) is 25.4 Å². The third kappa shape index (κ3) is 8.07. The molecule has 4 N–H and O–H groups in total. The number of nitrogens with two attached hydrogens (primary N) is 1. The van der Waals surface area contributed by atoms with Crippen LogP contribution in [0.25, 0.3) is 0 Å². The van der Waals surface area contributed by atoms with Gasteiger partial charge in [-0.2, -0.15) is 4.99 Å². The van der Waals surface area contributed by atoms with Crippen LogP contribution in [0.15, 0.2) is 47.3 Å². The van der Waals surface area contributed by atoms with Gasteiger partial charge in [-0.15, -0.1) is 0 Å². The minimum atomic E-state index is -0.788. The molecular weight excluding hydrogens is 460 g/mol. The van der Waals surface area contributed by atoms with E-state index in [9.17, 15) is 9.59 Å². The van der Waals surface area contributed by atoms with E-state index in [0.717, 1.165) is 0 Å². The van der Waals surface area contributed by atoms with Crippen molar-refractivity contribution in [3.8, 4) is 11.5 Å². The zero-order chi connectivity index (χ0) is 25.1. The van der Waals surface area contributed by atoms with Crippen LogP contribution in [0.4, 0.5) is 0 Å². The average Bonchev–Trinajstić information content (AvgIpc) is 3.14. The van der Waals surface area contributed by atoms with Crippen molar-refractivity contribution < 1.29 is 24.2 Å². The lowest BCUT2D eigenvalue weighted by atomic mass is 10.0. The number of carbonyl (C=O) groups excluding carboxylic acids is 2. The van der Waals surface area contributed by atoms with Crippen LogP contribution in [0, 0.1) is 5.92 Å². The van der Waals surface area contributed by atoms with Gasteiger partial charge in [-0.05, 0) is 43.9 Å². The molecule has 1 unspecified atom stereocenters. The number of amides is 2. The molecule has 0 saturated carbocycles. The second-order valence-corrected chi connectivity index (χ2v) is 8.44. The second-order valence-electron chi connectivity index (χ2n) is 8.07. The van der Waals surface area contributed by atoms with E-state index in [2.05, 4.69) is 10.3 Å². The number of hydrogen-bond donors (Lipinski definition) is 3. The van der Waals surface area contributed by atoms with Crippen molar-refractivity contribution in [1.82, 2.24) is 10.2 Å². The number of hydrogen-bond acceptors (Lipinski definition) is 6. The topological polar surface area (TPSA) is 126 Å². The molecule has 34 heavy (non-hydrogen) atoms. The fourth-order valence-electron chi connectivity index (χ4n) is 3.27. The molecule has 0 spiro atoms. The Morgan fingerprint density at radius 3 is 2.79 bits per heavy atom. The fraction of sp³-hybridized carbons (Fsp3) is 0.458. The number of aliphatic hydroxyl groups is 1. The van der Waals surface area contributed by atoms with Crippen LogP contribution in [0.3, 0.4) is 0 Å². The molecule has 1 aliphatic heterocycles. The van der Waals surface area contributed by atoms with Gasteiger partial charge in [0.25, 0.3) is 11.8 Å². The van der Waals surface area contributed by atoms with Crippen LogP contribution in [0.2, 0.25) is 5.02 Å². The average molecular weight is 493 g/mol. The van der Waals surface area contributed by atoms with E-state index in [1.807, 2.05) is 20.8 Å². The number of amidine groups is 1. The molecule has 0 bridgehead atoms. The summed E-state index contributed by atoms with van der Waals surface area (Å²) in [5.74, 6) is 0.516. The first-order valence-corrected chi connectivity index (χ1v) is 11.6. The normalized spacial score (nSPS) is 15.1. The Labute approximate surface area is 205 Å². The van der Waals surface area contributed by atoms with Crippen LogP contribution in [-0.4, -0.2) is 60.0 Å². The van der Waals surface area contributed by atoms with E-state index < -0.39 is 11.9 Å². The largest absolute Gasteiger partial charge is 0.492 e. The third-order valence-corrected chi connectivity index (χ3v) is 5.18. The van der Waals surface area contributed by atoms with Crippen molar-refractivity contribution >= 4 is 29.3 Å². The number of nitrogens with zero attached hydrogens (tertiary/aromatic N) is 2. The molecule has 10 heteroatoms. The molecule has 2 rings (SSSR count). The maximum atomic E-state index is 12.9. The molecule has 2 amide bonds. The van der Waals surface area contributed by atoms with E-state index in [1.165, 1.54) is 17.1 Å². The lowest BCUT2D eigenvalue weighted by Crippen LogP contribution is -2.43. The zero-order valence-corrected chi connectivity index (χ0v) is 20.5. The first kappa shape index (κ1) is 27.2. The maximum absolute atomic E-state index is 12.9. The van der Waals surface area contributed by atoms with Gasteiger partial charge in [0.1, 0.15) is 34.2 Å². The first-order chi connectivity index (χ1) is 16.3. The van der Waals surface area contributed by atoms with Gasteiger partial charge < -0.3 is 30.5 Å². The predicted molar refractivity (Wildman–Crippen MR) is 132 cm³/mol. The highest BCUT2D eigenvalue weighted by atomic mass is 35.5. The second kappa shape index (κ2) is 13.6. The summed E-state index contributed by atoms with van der Waals surface area (Å²) >= 11 is 6.36. The van der Waals surface area contributed by atoms with Gasteiger partial charge >= 0.3 is 0 Å². The highest BCUT2D eigenvalue weighted by molar-refractivity contribution is 6.33. The van der Waals surface area contributed by atoms with Gasteiger partial charge in [-0.1, -0.05) is 31.5 Å². The van der Waals surface area contributed by atoms with Crippen LogP contribution in [0.1, 0.15) is 33.6 Å². The SMILES string of the molecule is CCOc1cccc(OC2=CC(=O)N(C(CC(C)C)C(=O)N=C(N)/C=C\NCCCO)C2)c1Cl. The van der Waals surface area contributed by atoms with Crippen LogP contribution < -0.4 is 20.5 Å². The minimum absolute atomic E-state index is 0.0193. The van der Waals surface area contributed by atoms with E-state index in [-0.39, 0.29) is 30.8 Å². The summed E-state index contributed by atoms with van der Waals surface area (Å²) in [6, 6.07) is 4.37. The summed E-state index contributed by atoms with van der Waals surface area (Å²) in [6.07, 6.45) is 5.39. The van der Waals surface area contributed by atoms with Gasteiger partial charge in [-0.25, -0.2) is 0 Å². The molecule has 1 aliphatic rings. The zero-order valence-electron chi connectivity index (χ0n) is 19.8. The number of nitrogens with one attached hydrogen (secondary N) is 1. The predicted octanol–water partition coefficient (Wildman–Crippen LogP) is 2.63. The molecule has 9 nitrogen and oxygen atoms in total.